The number of benzene rings is 2. The van der Waals surface area contributed by atoms with Crippen molar-refractivity contribution in [3.8, 4) is 0 Å². The number of alkyl halides is 4. The maximum atomic E-state index is 14.3. The predicted octanol–water partition coefficient (Wildman–Crippen LogP) is 8.41. The lowest BCUT2D eigenvalue weighted by Crippen LogP contribution is -2.47. The van der Waals surface area contributed by atoms with E-state index in [1.807, 2.05) is 49.4 Å². The number of carboxylic acids is 1. The van der Waals surface area contributed by atoms with Crippen LogP contribution in [0.2, 0.25) is 0 Å². The monoisotopic (exact) mass is 1090 g/mol. The van der Waals surface area contributed by atoms with Crippen LogP contribution in [0.3, 0.4) is 0 Å². The minimum Gasteiger partial charge on any atom is -0.480 e. The van der Waals surface area contributed by atoms with Gasteiger partial charge in [-0.1, -0.05) is 68.3 Å². The van der Waals surface area contributed by atoms with Crippen LogP contribution in [0, 0.1) is 37.5 Å². The molecule has 19 heteroatoms. The van der Waals surface area contributed by atoms with Gasteiger partial charge in [-0.25, -0.2) is 32.3 Å². The first-order valence-electron chi connectivity index (χ1n) is 23.1. The maximum Gasteiger partial charge on any atom is 0.326 e. The number of rotatable bonds is 11. The SMILES string of the molecule is Cc1nc(N)ccc1CN.Cc1nc(N)ccc1CNC(=O)[C@H]1CC(F)(F)CN1C(=O)[C@H]1CC[C@H](Cc2ccc(Br)cc2)C1.O=C(O)[C@H]1CC(F)(F)CN1C(=O)[C@H]1CC[C@H](Cc2ccc(Br)cc2)C1. The fraction of sp³-hybridized carbons (Fsp3) is 0.480. The molecular weight excluding hydrogens is 1030 g/mol. The molecule has 8 rings (SSSR count). The van der Waals surface area contributed by atoms with Gasteiger partial charge in [0.2, 0.25) is 17.7 Å². The number of carbonyl (C=O) groups excluding carboxylic acids is 3. The molecule has 8 N–H and O–H groups in total. The molecule has 0 unspecified atom stereocenters. The fourth-order valence-electron chi connectivity index (χ4n) is 9.82. The average Bonchev–Trinajstić information content (AvgIpc) is 4.10. The third kappa shape index (κ3) is 14.7. The number of carboxylic acid groups (broad SMARTS) is 1. The number of nitrogen functional groups attached to an aromatic ring is 2. The zero-order chi connectivity index (χ0) is 50.2. The minimum absolute atomic E-state index is 0.140. The molecule has 69 heavy (non-hydrogen) atoms. The van der Waals surface area contributed by atoms with Gasteiger partial charge in [-0.3, -0.25) is 14.4 Å². The first-order chi connectivity index (χ1) is 32.6. The summed E-state index contributed by atoms with van der Waals surface area (Å²) in [6.07, 6.45) is 4.56. The third-order valence-electron chi connectivity index (χ3n) is 13.5. The van der Waals surface area contributed by atoms with Crippen molar-refractivity contribution in [1.29, 1.82) is 0 Å². The Bertz CT molecular complexity index is 2450. The number of aryl methyl sites for hydroxylation is 2. The largest absolute Gasteiger partial charge is 0.480 e. The van der Waals surface area contributed by atoms with Gasteiger partial charge in [0, 0.05) is 58.1 Å². The Labute approximate surface area is 416 Å². The molecule has 0 bridgehead atoms. The van der Waals surface area contributed by atoms with E-state index in [0.29, 0.717) is 61.4 Å². The molecule has 6 atom stereocenters. The quantitative estimate of drug-likeness (QED) is 0.0906. The number of aliphatic carboxylic acids is 1. The highest BCUT2D eigenvalue weighted by molar-refractivity contribution is 9.10. The van der Waals surface area contributed by atoms with E-state index in [1.165, 1.54) is 11.1 Å². The summed E-state index contributed by atoms with van der Waals surface area (Å²) in [7, 11) is 0. The van der Waals surface area contributed by atoms with Crippen molar-refractivity contribution >= 4 is 67.2 Å². The van der Waals surface area contributed by atoms with Crippen molar-refractivity contribution in [2.45, 2.75) is 115 Å². The van der Waals surface area contributed by atoms with Gasteiger partial charge in [-0.2, -0.15) is 0 Å². The Hall–Kier alpha value is -5.14. The normalized spacial score (nSPS) is 23.4. The van der Waals surface area contributed by atoms with E-state index in [1.54, 1.807) is 25.1 Å². The summed E-state index contributed by atoms with van der Waals surface area (Å²) in [5.41, 5.74) is 22.3. The van der Waals surface area contributed by atoms with E-state index < -0.39 is 67.6 Å². The highest BCUT2D eigenvalue weighted by Gasteiger charge is 2.53. The molecule has 2 aromatic heterocycles. The molecule has 4 heterocycles. The van der Waals surface area contributed by atoms with E-state index in [9.17, 15) is 36.7 Å². The number of anilines is 2. The lowest BCUT2D eigenvalue weighted by Gasteiger charge is -2.26. The molecule has 3 amide bonds. The molecule has 0 radical (unpaired) electrons. The number of nitrogens with one attached hydrogen (secondary N) is 1. The molecule has 13 nitrogen and oxygen atoms in total. The van der Waals surface area contributed by atoms with Crippen LogP contribution in [0.15, 0.2) is 81.7 Å². The lowest BCUT2D eigenvalue weighted by molar-refractivity contribution is -0.149. The predicted molar refractivity (Wildman–Crippen MR) is 262 cm³/mol. The zero-order valence-corrected chi connectivity index (χ0v) is 41.8. The van der Waals surface area contributed by atoms with Gasteiger partial charge in [-0.05, 0) is 136 Å². The molecule has 2 saturated carbocycles. The summed E-state index contributed by atoms with van der Waals surface area (Å²) in [4.78, 5) is 60.1. The molecule has 2 saturated heterocycles. The second-order valence-electron chi connectivity index (χ2n) is 18.7. The van der Waals surface area contributed by atoms with Gasteiger partial charge in [0.1, 0.15) is 23.7 Å². The first kappa shape index (κ1) is 53.2. The van der Waals surface area contributed by atoms with Crippen molar-refractivity contribution in [2.75, 3.05) is 24.6 Å². The molecule has 2 aliphatic carbocycles. The summed E-state index contributed by atoms with van der Waals surface area (Å²) < 4.78 is 57.8. The van der Waals surface area contributed by atoms with Crippen LogP contribution >= 0.6 is 31.9 Å². The van der Waals surface area contributed by atoms with Gasteiger partial charge in [-0.15, -0.1) is 0 Å². The standard InChI is InChI=1S/C25H29BrF2N4O2.C18H20BrF2NO3.C7H11N3/c1-15-19(6-9-22(29)31-15)13-30-23(33)21-12-25(27,28)14-32(21)24(34)18-5-2-17(11-18)10-16-3-7-20(26)8-4-16;19-14-5-2-11(3-6-14)7-12-1-4-13(8-12)16(23)22-10-18(20,21)9-15(22)17(24)25;1-5-6(4-8)2-3-7(9)10-5/h3-4,6-9,17-18,21H,2,5,10-14H2,1H3,(H2,29,31)(H,30,33);2-3,5-6,12-13,15H,1,4,7-10H2,(H,24,25);2-3H,4,8H2,1H3,(H2,9,10)/t17-,18+,21-;12-,13+,15-;/m11./s1. The van der Waals surface area contributed by atoms with Crippen molar-refractivity contribution in [2.24, 2.45) is 29.4 Å². The van der Waals surface area contributed by atoms with E-state index in [-0.39, 0.29) is 24.3 Å². The molecule has 4 aliphatic rings. The Kier molecular flexibility index (Phi) is 17.9. The molecule has 2 aromatic carbocycles. The number of hydrogen-bond acceptors (Lipinski definition) is 9. The maximum absolute atomic E-state index is 14.3. The van der Waals surface area contributed by atoms with E-state index >= 15 is 0 Å². The van der Waals surface area contributed by atoms with Crippen molar-refractivity contribution in [1.82, 2.24) is 25.1 Å². The van der Waals surface area contributed by atoms with Crippen LogP contribution in [0.1, 0.15) is 85.0 Å². The highest BCUT2D eigenvalue weighted by atomic mass is 79.9. The summed E-state index contributed by atoms with van der Waals surface area (Å²) >= 11 is 6.82. The molecule has 4 fully saturated rings. The zero-order valence-electron chi connectivity index (χ0n) is 38.7. The van der Waals surface area contributed by atoms with Crippen molar-refractivity contribution < 1.29 is 41.8 Å². The Morgan fingerprint density at radius 3 is 1.51 bits per heavy atom. The topological polar surface area (TPSA) is 211 Å². The summed E-state index contributed by atoms with van der Waals surface area (Å²) in [5.74, 6) is -7.98. The number of aromatic nitrogens is 2. The van der Waals surface area contributed by atoms with Gasteiger partial charge < -0.3 is 37.4 Å². The van der Waals surface area contributed by atoms with Crippen molar-refractivity contribution in [3.05, 3.63) is 115 Å². The van der Waals surface area contributed by atoms with Gasteiger partial charge in [0.25, 0.3) is 11.8 Å². The summed E-state index contributed by atoms with van der Waals surface area (Å²) in [6, 6.07) is 20.5. The Morgan fingerprint density at radius 1 is 0.667 bits per heavy atom. The van der Waals surface area contributed by atoms with Gasteiger partial charge in [0.05, 0.1) is 13.1 Å². The third-order valence-corrected chi connectivity index (χ3v) is 14.5. The van der Waals surface area contributed by atoms with Crippen LogP contribution in [-0.4, -0.2) is 85.6 Å². The molecule has 2 aliphatic heterocycles. The molecule has 372 valence electrons. The number of amides is 3. The number of nitrogens with two attached hydrogens (primary N) is 3. The second-order valence-corrected chi connectivity index (χ2v) is 20.6. The van der Waals surface area contributed by atoms with E-state index in [2.05, 4.69) is 59.3 Å². The first-order valence-corrected chi connectivity index (χ1v) is 24.7. The van der Waals surface area contributed by atoms with Crippen LogP contribution in [-0.2, 0) is 45.1 Å². The van der Waals surface area contributed by atoms with Crippen LogP contribution in [0.25, 0.3) is 0 Å². The van der Waals surface area contributed by atoms with Gasteiger partial charge >= 0.3 is 5.97 Å². The number of likely N-dealkylation sites (tertiary alicyclic amines) is 2. The van der Waals surface area contributed by atoms with Crippen LogP contribution in [0.5, 0.6) is 0 Å². The van der Waals surface area contributed by atoms with E-state index in [4.69, 9.17) is 22.3 Å². The number of carbonyl (C=O) groups is 4. The Balaban J connectivity index is 0.000000195. The van der Waals surface area contributed by atoms with Crippen LogP contribution in [0.4, 0.5) is 29.2 Å². The molecular formula is C50H60Br2F4N8O5. The molecule has 4 aromatic rings. The van der Waals surface area contributed by atoms with Crippen LogP contribution < -0.4 is 22.5 Å². The van der Waals surface area contributed by atoms with Gasteiger partial charge in [0.15, 0.2) is 0 Å². The highest BCUT2D eigenvalue weighted by Crippen LogP contribution is 2.40. The Morgan fingerprint density at radius 2 is 1.09 bits per heavy atom. The number of hydrogen-bond donors (Lipinski definition) is 5. The summed E-state index contributed by atoms with van der Waals surface area (Å²) in [6.45, 7) is 2.84. The van der Waals surface area contributed by atoms with E-state index in [0.717, 1.165) is 61.2 Å². The minimum atomic E-state index is -3.12. The molecule has 0 spiro atoms. The number of halogens is 6. The van der Waals surface area contributed by atoms with Crippen molar-refractivity contribution in [3.63, 3.8) is 0 Å². The lowest BCUT2D eigenvalue weighted by atomic mass is 9.96. The fourth-order valence-corrected chi connectivity index (χ4v) is 10.3. The average molecular weight is 1090 g/mol. The second kappa shape index (κ2) is 23.2. The number of nitrogens with zero attached hydrogens (tertiary/aromatic N) is 4. The summed E-state index contributed by atoms with van der Waals surface area (Å²) in [5, 5.41) is 11.9. The number of pyridine rings is 2. The smallest absolute Gasteiger partial charge is 0.326 e.